The minimum Gasteiger partial charge on any atom is -0.308 e. The van der Waals surface area contributed by atoms with Crippen LogP contribution in [0, 0.1) is 5.92 Å². The van der Waals surface area contributed by atoms with Crippen molar-refractivity contribution < 1.29 is 0 Å². The number of rotatable bonds is 34. The third kappa shape index (κ3) is 33.7. The molecule has 0 aliphatic heterocycles. The number of likely N-dealkylation sites (N-methyl/N-ethyl adjacent to an activating group) is 2. The third-order valence-corrected chi connectivity index (χ3v) is 8.96. The van der Waals surface area contributed by atoms with E-state index in [9.17, 15) is 0 Å². The summed E-state index contributed by atoms with van der Waals surface area (Å²) >= 11 is 0. The van der Waals surface area contributed by atoms with Crippen molar-refractivity contribution in [2.24, 2.45) is 11.0 Å². The van der Waals surface area contributed by atoms with Gasteiger partial charge in [-0.3, -0.25) is 5.01 Å². The Balaban J connectivity index is 4.16. The van der Waals surface area contributed by atoms with Gasteiger partial charge < -0.3 is 4.90 Å². The molecule has 0 aliphatic rings. The third-order valence-electron chi connectivity index (χ3n) is 8.96. The number of allylic oxidation sites excluding steroid dienone is 8. The molecule has 0 amide bonds. The van der Waals surface area contributed by atoms with Gasteiger partial charge in [0.25, 0.3) is 0 Å². The van der Waals surface area contributed by atoms with Crippen LogP contribution in [0.4, 0.5) is 0 Å². The standard InChI is InChI=1S/C43H81N3/c1-7-9-11-13-15-17-19-21-23-25-27-29-31-33-35-37-39-43(44-46(6)41-40-45(4)5)42(3)38-36-34-32-30-28-26-24-22-20-18-16-14-12-10-8-2/h15-18,21-24,42H,7-14,19-20,25-41H2,1-6H3/b17-15-,18-16-,23-21-,24-22-,44-43?. The molecule has 46 heavy (non-hydrogen) atoms. The van der Waals surface area contributed by atoms with E-state index < -0.39 is 0 Å². The Morgan fingerprint density at radius 2 is 0.913 bits per heavy atom. The molecule has 0 fully saturated rings. The molecule has 0 N–H and O–H groups in total. The molecule has 0 aromatic rings. The number of hydrogen-bond acceptors (Lipinski definition) is 3. The van der Waals surface area contributed by atoms with Crippen molar-refractivity contribution in [1.82, 2.24) is 9.91 Å². The van der Waals surface area contributed by atoms with Gasteiger partial charge in [-0.15, -0.1) is 0 Å². The van der Waals surface area contributed by atoms with Crippen molar-refractivity contribution in [3.8, 4) is 0 Å². The zero-order valence-electron chi connectivity index (χ0n) is 32.1. The summed E-state index contributed by atoms with van der Waals surface area (Å²) in [6, 6.07) is 0. The van der Waals surface area contributed by atoms with E-state index in [1.807, 2.05) is 0 Å². The Morgan fingerprint density at radius 1 is 0.500 bits per heavy atom. The van der Waals surface area contributed by atoms with Crippen molar-refractivity contribution in [2.45, 2.75) is 181 Å². The van der Waals surface area contributed by atoms with Crippen LogP contribution in [0.15, 0.2) is 53.7 Å². The molecule has 0 radical (unpaired) electrons. The first kappa shape index (κ1) is 44.4. The van der Waals surface area contributed by atoms with E-state index >= 15 is 0 Å². The van der Waals surface area contributed by atoms with Gasteiger partial charge in [0.15, 0.2) is 0 Å². The van der Waals surface area contributed by atoms with Crippen LogP contribution in [0.5, 0.6) is 0 Å². The van der Waals surface area contributed by atoms with Crippen LogP contribution < -0.4 is 0 Å². The summed E-state index contributed by atoms with van der Waals surface area (Å²) in [5.41, 5.74) is 1.44. The van der Waals surface area contributed by atoms with Gasteiger partial charge in [0.2, 0.25) is 0 Å². The lowest BCUT2D eigenvalue weighted by Gasteiger charge is -2.21. The maximum absolute atomic E-state index is 5.14. The van der Waals surface area contributed by atoms with E-state index in [-0.39, 0.29) is 0 Å². The molecule has 268 valence electrons. The monoisotopic (exact) mass is 640 g/mol. The van der Waals surface area contributed by atoms with E-state index in [0.717, 1.165) is 25.9 Å². The molecule has 0 spiro atoms. The Labute approximate surface area is 290 Å². The van der Waals surface area contributed by atoms with Gasteiger partial charge in [0, 0.05) is 25.8 Å². The van der Waals surface area contributed by atoms with Crippen LogP contribution in [0.2, 0.25) is 0 Å². The number of hydrazone groups is 1. The van der Waals surface area contributed by atoms with Crippen molar-refractivity contribution in [3.05, 3.63) is 48.6 Å². The highest BCUT2D eigenvalue weighted by Crippen LogP contribution is 2.18. The first-order chi connectivity index (χ1) is 22.5. The quantitative estimate of drug-likeness (QED) is 0.0302. The fraction of sp³-hybridized carbons (Fsp3) is 0.791. The lowest BCUT2D eigenvalue weighted by molar-refractivity contribution is 0.290. The topological polar surface area (TPSA) is 18.8 Å². The lowest BCUT2D eigenvalue weighted by atomic mass is 9.93. The highest BCUT2D eigenvalue weighted by molar-refractivity contribution is 5.86. The van der Waals surface area contributed by atoms with Gasteiger partial charge in [-0.1, -0.05) is 146 Å². The Bertz CT molecular complexity index is 760. The highest BCUT2D eigenvalue weighted by Gasteiger charge is 2.12. The van der Waals surface area contributed by atoms with Crippen molar-refractivity contribution in [2.75, 3.05) is 34.2 Å². The molecule has 0 bridgehead atoms. The number of unbranched alkanes of at least 4 members (excludes halogenated alkanes) is 17. The van der Waals surface area contributed by atoms with Gasteiger partial charge in [-0.2, -0.15) is 5.10 Å². The first-order valence-electron chi connectivity index (χ1n) is 20.0. The van der Waals surface area contributed by atoms with E-state index in [1.54, 1.807) is 0 Å². The predicted molar refractivity (Wildman–Crippen MR) is 211 cm³/mol. The summed E-state index contributed by atoms with van der Waals surface area (Å²) < 4.78 is 0. The molecule has 0 aliphatic carbocycles. The Hall–Kier alpha value is -1.61. The molecule has 0 heterocycles. The van der Waals surface area contributed by atoms with Gasteiger partial charge in [-0.25, -0.2) is 0 Å². The molecular weight excluding hydrogens is 558 g/mol. The van der Waals surface area contributed by atoms with Gasteiger partial charge in [0.1, 0.15) is 0 Å². The van der Waals surface area contributed by atoms with Crippen LogP contribution in [-0.2, 0) is 0 Å². The van der Waals surface area contributed by atoms with Crippen molar-refractivity contribution >= 4 is 5.71 Å². The Kier molecular flexibility index (Phi) is 35.0. The Morgan fingerprint density at radius 3 is 1.37 bits per heavy atom. The summed E-state index contributed by atoms with van der Waals surface area (Å²) in [5, 5.41) is 7.33. The zero-order valence-corrected chi connectivity index (χ0v) is 32.1. The second-order valence-electron chi connectivity index (χ2n) is 14.0. The molecule has 0 saturated heterocycles. The summed E-state index contributed by atoms with van der Waals surface area (Å²) in [4.78, 5) is 2.25. The number of hydrogen-bond donors (Lipinski definition) is 0. The van der Waals surface area contributed by atoms with Crippen LogP contribution in [0.3, 0.4) is 0 Å². The summed E-state index contributed by atoms with van der Waals surface area (Å²) in [6.45, 7) is 9.02. The van der Waals surface area contributed by atoms with Crippen LogP contribution in [0.1, 0.15) is 181 Å². The smallest absolute Gasteiger partial charge is 0.0484 e. The average Bonchev–Trinajstić information content (AvgIpc) is 3.04. The van der Waals surface area contributed by atoms with Crippen LogP contribution in [0.25, 0.3) is 0 Å². The molecule has 3 heteroatoms. The summed E-state index contributed by atoms with van der Waals surface area (Å²) in [7, 11) is 6.46. The zero-order chi connectivity index (χ0) is 33.8. The van der Waals surface area contributed by atoms with Gasteiger partial charge in [0.05, 0.1) is 0 Å². The maximum atomic E-state index is 5.14. The van der Waals surface area contributed by atoms with Gasteiger partial charge in [-0.05, 0) is 103 Å². The molecule has 0 aromatic heterocycles. The molecule has 3 nitrogen and oxygen atoms in total. The average molecular weight is 640 g/mol. The minimum atomic E-state index is 0.595. The fourth-order valence-corrected chi connectivity index (χ4v) is 5.73. The highest BCUT2D eigenvalue weighted by atomic mass is 15.4. The molecule has 0 aromatic carbocycles. The summed E-state index contributed by atoms with van der Waals surface area (Å²) in [5.74, 6) is 0.595. The predicted octanol–water partition coefficient (Wildman–Crippen LogP) is 13.5. The molecule has 1 unspecified atom stereocenters. The SMILES string of the molecule is CCCCC/C=C\C/C=C\CCCCCCCCC(=NN(C)CCN(C)C)C(C)CCCCCCC/C=C\C/C=C\CCCCC. The van der Waals surface area contributed by atoms with E-state index in [0.29, 0.717) is 5.92 Å². The molecule has 0 rings (SSSR count). The normalized spacial score (nSPS) is 13.5. The van der Waals surface area contributed by atoms with Gasteiger partial charge >= 0.3 is 0 Å². The second-order valence-corrected chi connectivity index (χ2v) is 14.0. The molecule has 0 saturated carbocycles. The fourth-order valence-electron chi connectivity index (χ4n) is 5.73. The van der Waals surface area contributed by atoms with E-state index in [4.69, 9.17) is 5.10 Å². The maximum Gasteiger partial charge on any atom is 0.0484 e. The lowest BCUT2D eigenvalue weighted by Crippen LogP contribution is -2.27. The molecular formula is C43H81N3. The summed E-state index contributed by atoms with van der Waals surface area (Å²) in [6.07, 6.45) is 51.4. The van der Waals surface area contributed by atoms with Crippen LogP contribution in [-0.4, -0.2) is 49.9 Å². The number of nitrogens with zero attached hydrogens (tertiary/aromatic N) is 3. The first-order valence-corrected chi connectivity index (χ1v) is 20.0. The molecule has 1 atom stereocenters. The van der Waals surface area contributed by atoms with Crippen molar-refractivity contribution in [1.29, 1.82) is 0 Å². The van der Waals surface area contributed by atoms with Crippen molar-refractivity contribution in [3.63, 3.8) is 0 Å². The second kappa shape index (κ2) is 36.2. The minimum absolute atomic E-state index is 0.595. The van der Waals surface area contributed by atoms with E-state index in [1.165, 1.54) is 153 Å². The van der Waals surface area contributed by atoms with Crippen LogP contribution >= 0.6 is 0 Å². The van der Waals surface area contributed by atoms with E-state index in [2.05, 4.69) is 100 Å². The largest absolute Gasteiger partial charge is 0.308 e.